The first kappa shape index (κ1) is 11.1. The van der Waals surface area contributed by atoms with Crippen molar-refractivity contribution < 1.29 is 0 Å². The van der Waals surface area contributed by atoms with E-state index in [1.165, 1.54) is 16.7 Å². The van der Waals surface area contributed by atoms with Crippen LogP contribution in [0.4, 0.5) is 0 Å². The molecule has 1 aromatic carbocycles. The molecule has 1 heterocycles. The van der Waals surface area contributed by atoms with Gasteiger partial charge in [0.15, 0.2) is 0 Å². The minimum Gasteiger partial charge on any atom is -0.245 e. The number of thiazole rings is 1. The molecule has 0 spiro atoms. The molecule has 82 valence electrons. The van der Waals surface area contributed by atoms with Gasteiger partial charge in [-0.25, -0.2) is 4.98 Å². The van der Waals surface area contributed by atoms with Crippen LogP contribution < -0.4 is 0 Å². The normalized spacial score (nSPS) is 10.1. The van der Waals surface area contributed by atoms with E-state index in [2.05, 4.69) is 49.2 Å². The van der Waals surface area contributed by atoms with Gasteiger partial charge < -0.3 is 0 Å². The van der Waals surface area contributed by atoms with Crippen molar-refractivity contribution in [2.75, 3.05) is 0 Å². The van der Waals surface area contributed by atoms with Crippen molar-refractivity contribution >= 4 is 16.9 Å². The third-order valence-corrected chi connectivity index (χ3v) is 3.35. The summed E-state index contributed by atoms with van der Waals surface area (Å²) in [5.41, 5.74) is 4.04. The van der Waals surface area contributed by atoms with Gasteiger partial charge in [-0.15, -0.1) is 11.3 Å². The third kappa shape index (κ3) is 2.58. The van der Waals surface area contributed by atoms with Crippen molar-refractivity contribution in [2.45, 2.75) is 20.3 Å². The van der Waals surface area contributed by atoms with Gasteiger partial charge in [0, 0.05) is 18.0 Å². The molecule has 0 fully saturated rings. The van der Waals surface area contributed by atoms with Crippen LogP contribution in [0.25, 0.3) is 5.57 Å². The Labute approximate surface area is 100 Å². The van der Waals surface area contributed by atoms with Crippen molar-refractivity contribution in [1.82, 2.24) is 4.98 Å². The number of hydrogen-bond acceptors (Lipinski definition) is 2. The van der Waals surface area contributed by atoms with E-state index in [-0.39, 0.29) is 0 Å². The zero-order valence-electron chi connectivity index (χ0n) is 9.60. The Bertz CT molecular complexity index is 465. The molecule has 2 rings (SSSR count). The number of hydrogen-bond donors (Lipinski definition) is 0. The molecule has 16 heavy (non-hydrogen) atoms. The fourth-order valence-electron chi connectivity index (χ4n) is 1.64. The Balaban J connectivity index is 2.28. The number of rotatable bonds is 3. The summed E-state index contributed by atoms with van der Waals surface area (Å²) in [6.07, 6.45) is 2.84. The summed E-state index contributed by atoms with van der Waals surface area (Å²) in [6, 6.07) is 10.5. The van der Waals surface area contributed by atoms with E-state index in [1.54, 1.807) is 11.3 Å². The summed E-state index contributed by atoms with van der Waals surface area (Å²) in [5.74, 6) is 0. The van der Waals surface area contributed by atoms with Crippen LogP contribution in [0.5, 0.6) is 0 Å². The summed E-state index contributed by atoms with van der Waals surface area (Å²) in [6.45, 7) is 4.30. The number of benzene rings is 1. The van der Waals surface area contributed by atoms with Crippen LogP contribution >= 0.6 is 11.3 Å². The van der Waals surface area contributed by atoms with Crippen molar-refractivity contribution in [3.63, 3.8) is 0 Å². The number of aromatic nitrogens is 1. The van der Waals surface area contributed by atoms with Crippen LogP contribution in [0, 0.1) is 0 Å². The largest absolute Gasteiger partial charge is 0.245 e. The third-order valence-electron chi connectivity index (χ3n) is 2.52. The molecular formula is C14H15NS. The highest BCUT2D eigenvalue weighted by molar-refractivity contribution is 7.10. The Morgan fingerprint density at radius 2 is 1.94 bits per heavy atom. The molecule has 0 amide bonds. The molecule has 0 aliphatic carbocycles. The summed E-state index contributed by atoms with van der Waals surface area (Å²) < 4.78 is 0. The second-order valence-electron chi connectivity index (χ2n) is 3.98. The van der Waals surface area contributed by atoms with Gasteiger partial charge in [0.1, 0.15) is 5.01 Å². The maximum absolute atomic E-state index is 4.39. The van der Waals surface area contributed by atoms with Crippen molar-refractivity contribution in [1.29, 1.82) is 0 Å². The molecule has 0 aliphatic heterocycles. The summed E-state index contributed by atoms with van der Waals surface area (Å²) in [4.78, 5) is 4.39. The van der Waals surface area contributed by atoms with Gasteiger partial charge in [-0.2, -0.15) is 0 Å². The standard InChI is InChI=1S/C14H15NS/c1-11(2)13(14-15-8-9-16-14)10-12-6-4-3-5-7-12/h3-9H,10H2,1-2H3. The van der Waals surface area contributed by atoms with Crippen molar-refractivity contribution in [2.24, 2.45) is 0 Å². The van der Waals surface area contributed by atoms with Crippen LogP contribution in [0.3, 0.4) is 0 Å². The predicted octanol–water partition coefficient (Wildman–Crippen LogP) is 4.18. The predicted molar refractivity (Wildman–Crippen MR) is 70.5 cm³/mol. The molecular weight excluding hydrogens is 214 g/mol. The minimum atomic E-state index is 0.969. The molecule has 0 saturated carbocycles. The molecule has 0 atom stereocenters. The fraction of sp³-hybridized carbons (Fsp3) is 0.214. The van der Waals surface area contributed by atoms with E-state index < -0.39 is 0 Å². The second kappa shape index (κ2) is 5.08. The van der Waals surface area contributed by atoms with Crippen LogP contribution in [0.1, 0.15) is 24.4 Å². The Kier molecular flexibility index (Phi) is 3.52. The summed E-state index contributed by atoms with van der Waals surface area (Å²) in [5, 5.41) is 3.17. The maximum Gasteiger partial charge on any atom is 0.119 e. The van der Waals surface area contributed by atoms with Crippen LogP contribution in [0.2, 0.25) is 0 Å². The lowest BCUT2D eigenvalue weighted by Gasteiger charge is -2.07. The van der Waals surface area contributed by atoms with E-state index in [0.29, 0.717) is 0 Å². The maximum atomic E-state index is 4.39. The molecule has 0 radical (unpaired) electrons. The highest BCUT2D eigenvalue weighted by Crippen LogP contribution is 2.24. The van der Waals surface area contributed by atoms with Gasteiger partial charge in [0.2, 0.25) is 0 Å². The molecule has 0 aliphatic rings. The lowest BCUT2D eigenvalue weighted by atomic mass is 10.0. The lowest BCUT2D eigenvalue weighted by Crippen LogP contribution is -1.92. The van der Waals surface area contributed by atoms with Crippen molar-refractivity contribution in [3.05, 3.63) is 58.1 Å². The highest BCUT2D eigenvalue weighted by atomic mass is 32.1. The Morgan fingerprint density at radius 1 is 1.19 bits per heavy atom. The number of nitrogens with zero attached hydrogens (tertiary/aromatic N) is 1. The second-order valence-corrected chi connectivity index (χ2v) is 4.87. The molecule has 0 bridgehead atoms. The molecule has 2 aromatic rings. The van der Waals surface area contributed by atoms with Crippen LogP contribution in [-0.4, -0.2) is 4.98 Å². The van der Waals surface area contributed by atoms with Gasteiger partial charge in [-0.1, -0.05) is 35.9 Å². The smallest absolute Gasteiger partial charge is 0.119 e. The van der Waals surface area contributed by atoms with Gasteiger partial charge in [0.05, 0.1) is 0 Å². The molecule has 0 saturated heterocycles. The van der Waals surface area contributed by atoms with Crippen LogP contribution in [0.15, 0.2) is 47.5 Å². The van der Waals surface area contributed by atoms with Crippen LogP contribution in [-0.2, 0) is 6.42 Å². The van der Waals surface area contributed by atoms with Gasteiger partial charge >= 0.3 is 0 Å². The molecule has 0 unspecified atom stereocenters. The first-order valence-corrected chi connectivity index (χ1v) is 6.25. The Hall–Kier alpha value is -1.41. The zero-order chi connectivity index (χ0) is 11.4. The SMILES string of the molecule is CC(C)=C(Cc1ccccc1)c1nccs1. The van der Waals surface area contributed by atoms with Crippen molar-refractivity contribution in [3.8, 4) is 0 Å². The first-order chi connectivity index (χ1) is 7.77. The zero-order valence-corrected chi connectivity index (χ0v) is 10.4. The molecule has 0 N–H and O–H groups in total. The fourth-order valence-corrected chi connectivity index (χ4v) is 2.43. The van der Waals surface area contributed by atoms with Gasteiger partial charge in [0.25, 0.3) is 0 Å². The minimum absolute atomic E-state index is 0.969. The monoisotopic (exact) mass is 229 g/mol. The van der Waals surface area contributed by atoms with E-state index in [0.717, 1.165) is 11.4 Å². The van der Waals surface area contributed by atoms with E-state index in [9.17, 15) is 0 Å². The quantitative estimate of drug-likeness (QED) is 0.769. The molecule has 1 aromatic heterocycles. The number of allylic oxidation sites excluding steroid dienone is 2. The average molecular weight is 229 g/mol. The van der Waals surface area contributed by atoms with Gasteiger partial charge in [-0.05, 0) is 25.0 Å². The molecule has 1 nitrogen and oxygen atoms in total. The Morgan fingerprint density at radius 3 is 2.50 bits per heavy atom. The van der Waals surface area contributed by atoms with E-state index in [4.69, 9.17) is 0 Å². The molecule has 2 heteroatoms. The summed E-state index contributed by atoms with van der Waals surface area (Å²) >= 11 is 1.71. The van der Waals surface area contributed by atoms with E-state index >= 15 is 0 Å². The summed E-state index contributed by atoms with van der Waals surface area (Å²) in [7, 11) is 0. The van der Waals surface area contributed by atoms with E-state index in [1.807, 2.05) is 11.6 Å². The lowest BCUT2D eigenvalue weighted by molar-refractivity contribution is 1.21. The van der Waals surface area contributed by atoms with Gasteiger partial charge in [-0.3, -0.25) is 0 Å². The topological polar surface area (TPSA) is 12.9 Å². The average Bonchev–Trinajstić information content (AvgIpc) is 2.80. The highest BCUT2D eigenvalue weighted by Gasteiger charge is 2.07. The first-order valence-electron chi connectivity index (χ1n) is 5.37.